The van der Waals surface area contributed by atoms with Crippen LogP contribution >= 0.6 is 0 Å². The number of carbonyl (C=O) groups is 8. The summed E-state index contributed by atoms with van der Waals surface area (Å²) in [6, 6.07) is 3.96. The van der Waals surface area contributed by atoms with Crippen LogP contribution in [0.3, 0.4) is 0 Å². The van der Waals surface area contributed by atoms with Gasteiger partial charge in [-0.1, -0.05) is 0 Å². The predicted molar refractivity (Wildman–Crippen MR) is 192 cm³/mol. The molecule has 18 heteroatoms. The van der Waals surface area contributed by atoms with E-state index in [0.29, 0.717) is 0 Å². The number of aryl methyl sites for hydroxylation is 2. The standard InChI is InChI=1S/C41H28O18/c1-14-4-17(42)8-23(44)29(14)39(54)58-35-25(46)10-19-22(34(35)48)13-57-27-11-20(37(50)51)32(38(52)53)33(31(19)27)26-6-16-7-28(47)41(3,36(49)21(16)12-56-26)59-40(55)30-15(2)5-18(43)9-24(30)45/h4-10,12-13,33,35,42-45H,11H2,1-3H3,(H,50,51)(H,52,53). The van der Waals surface area contributed by atoms with E-state index in [-0.39, 0.29) is 50.7 Å². The number of ketones is 4. The zero-order valence-electron chi connectivity index (χ0n) is 30.6. The third-order valence-corrected chi connectivity index (χ3v) is 10.1. The first kappa shape index (κ1) is 39.2. The van der Waals surface area contributed by atoms with Crippen molar-refractivity contribution in [3.63, 3.8) is 0 Å². The molecule has 0 fully saturated rings. The normalized spacial score (nSPS) is 22.3. The number of ether oxygens (including phenoxy) is 4. The number of carboxylic acid groups (broad SMARTS) is 2. The van der Waals surface area contributed by atoms with Crippen molar-refractivity contribution in [2.75, 3.05) is 0 Å². The number of aliphatic carboxylic acids is 2. The monoisotopic (exact) mass is 808 g/mol. The summed E-state index contributed by atoms with van der Waals surface area (Å²) in [7, 11) is 0. The van der Waals surface area contributed by atoms with Gasteiger partial charge in [-0.2, -0.15) is 0 Å². The Morgan fingerprint density at radius 3 is 1.92 bits per heavy atom. The second kappa shape index (κ2) is 13.9. The van der Waals surface area contributed by atoms with Gasteiger partial charge < -0.3 is 49.6 Å². The van der Waals surface area contributed by atoms with Crippen molar-refractivity contribution in [3.05, 3.63) is 128 Å². The fraction of sp³-hybridized carbons (Fsp3) is 0.171. The molecule has 2 aromatic rings. The van der Waals surface area contributed by atoms with Crippen LogP contribution in [0, 0.1) is 19.8 Å². The summed E-state index contributed by atoms with van der Waals surface area (Å²) in [5.74, 6) is -15.0. The number of hydrogen-bond acceptors (Lipinski definition) is 16. The van der Waals surface area contributed by atoms with Crippen molar-refractivity contribution in [2.24, 2.45) is 5.92 Å². The van der Waals surface area contributed by atoms with Crippen LogP contribution in [-0.2, 0) is 47.7 Å². The molecule has 3 aliphatic carbocycles. The average Bonchev–Trinajstić information content (AvgIpc) is 3.13. The number of Topliss-reactive ketones (excluding diaryl/α,β-unsaturated/α-hetero) is 2. The number of hydrogen-bond donors (Lipinski definition) is 6. The smallest absolute Gasteiger partial charge is 0.343 e. The number of phenols is 4. The van der Waals surface area contributed by atoms with Gasteiger partial charge >= 0.3 is 23.9 Å². The Bertz CT molecular complexity index is 2630. The molecule has 0 amide bonds. The molecule has 7 rings (SSSR count). The number of esters is 2. The lowest BCUT2D eigenvalue weighted by atomic mass is 9.71. The first-order valence-electron chi connectivity index (χ1n) is 17.2. The van der Waals surface area contributed by atoms with Gasteiger partial charge in [0, 0.05) is 24.1 Å². The highest BCUT2D eigenvalue weighted by atomic mass is 16.6. The zero-order chi connectivity index (χ0) is 43.0. The Balaban J connectivity index is 1.26. The van der Waals surface area contributed by atoms with Gasteiger partial charge in [0.05, 0.1) is 28.2 Å². The third kappa shape index (κ3) is 6.32. The molecule has 6 N–H and O–H groups in total. The SMILES string of the molecule is Cc1cc(O)cc(O)c1C(=O)OC1C(=O)C=C2C(=COC3=C2C(C2=CC4=CC(=O)C(C)(OC(=O)c5c(C)cc(O)cc5O)C(=O)C4=CO2)C(C(=O)O)=C(C(=O)O)C3)C1=O. The summed E-state index contributed by atoms with van der Waals surface area (Å²) in [6.07, 6.45) is 1.69. The molecule has 0 spiro atoms. The van der Waals surface area contributed by atoms with Gasteiger partial charge in [-0.25, -0.2) is 19.2 Å². The summed E-state index contributed by atoms with van der Waals surface area (Å²) >= 11 is 0. The van der Waals surface area contributed by atoms with E-state index in [2.05, 4.69) is 0 Å². The third-order valence-electron chi connectivity index (χ3n) is 10.1. The zero-order valence-corrected chi connectivity index (χ0v) is 30.6. The number of allylic oxidation sites excluding steroid dienone is 5. The molecular weight excluding hydrogens is 780 g/mol. The lowest BCUT2D eigenvalue weighted by Gasteiger charge is -2.37. The summed E-state index contributed by atoms with van der Waals surface area (Å²) in [4.78, 5) is 106. The molecule has 300 valence electrons. The molecule has 59 heavy (non-hydrogen) atoms. The minimum atomic E-state index is -2.51. The quantitative estimate of drug-likeness (QED) is 0.173. The highest BCUT2D eigenvalue weighted by Crippen LogP contribution is 2.50. The molecule has 0 saturated carbocycles. The Labute approximate surface area is 330 Å². The number of fused-ring (bicyclic) bond motifs is 3. The molecule has 0 bridgehead atoms. The van der Waals surface area contributed by atoms with E-state index >= 15 is 0 Å². The van der Waals surface area contributed by atoms with E-state index in [1.54, 1.807) is 0 Å². The van der Waals surface area contributed by atoms with Crippen LogP contribution in [0.4, 0.5) is 0 Å². The number of aromatic hydroxyl groups is 4. The molecule has 18 nitrogen and oxygen atoms in total. The molecule has 3 unspecified atom stereocenters. The molecule has 2 aliphatic heterocycles. The lowest BCUT2D eigenvalue weighted by Crippen LogP contribution is -2.50. The minimum absolute atomic E-state index is 0.0475. The van der Waals surface area contributed by atoms with E-state index in [1.165, 1.54) is 13.8 Å². The van der Waals surface area contributed by atoms with Crippen LogP contribution in [0.2, 0.25) is 0 Å². The largest absolute Gasteiger partial charge is 0.508 e. The molecule has 2 aromatic carbocycles. The molecule has 0 aromatic heterocycles. The molecular formula is C41H28O18. The van der Waals surface area contributed by atoms with Gasteiger partial charge in [0.2, 0.25) is 34.8 Å². The van der Waals surface area contributed by atoms with Gasteiger partial charge in [-0.05, 0) is 73.4 Å². The molecule has 0 saturated heterocycles. The molecule has 5 aliphatic rings. The topological polar surface area (TPSA) is 295 Å². The first-order chi connectivity index (χ1) is 27.7. The van der Waals surface area contributed by atoms with Crippen LogP contribution in [0.5, 0.6) is 23.0 Å². The number of carbonyl (C=O) groups excluding carboxylic acids is 6. The predicted octanol–water partition coefficient (Wildman–Crippen LogP) is 2.88. The van der Waals surface area contributed by atoms with Crippen molar-refractivity contribution in [2.45, 2.75) is 38.9 Å². The van der Waals surface area contributed by atoms with E-state index in [9.17, 15) is 69.0 Å². The first-order valence-corrected chi connectivity index (χ1v) is 17.2. The van der Waals surface area contributed by atoms with Gasteiger partial charge in [0.1, 0.15) is 58.2 Å². The Kier molecular flexibility index (Phi) is 9.22. The van der Waals surface area contributed by atoms with Crippen LogP contribution in [0.25, 0.3) is 0 Å². The lowest BCUT2D eigenvalue weighted by molar-refractivity contribution is -0.145. The van der Waals surface area contributed by atoms with E-state index in [4.69, 9.17) is 18.9 Å². The van der Waals surface area contributed by atoms with Crippen molar-refractivity contribution < 1.29 is 87.9 Å². The van der Waals surface area contributed by atoms with Crippen LogP contribution in [0.15, 0.2) is 106 Å². The van der Waals surface area contributed by atoms with Crippen molar-refractivity contribution >= 4 is 47.0 Å². The van der Waals surface area contributed by atoms with Crippen LogP contribution < -0.4 is 0 Å². The summed E-state index contributed by atoms with van der Waals surface area (Å²) in [5, 5.41) is 60.5. The number of carboxylic acids is 2. The summed E-state index contributed by atoms with van der Waals surface area (Å²) < 4.78 is 22.0. The fourth-order valence-corrected chi connectivity index (χ4v) is 7.35. The van der Waals surface area contributed by atoms with E-state index in [1.807, 2.05) is 0 Å². The Hall–Kier alpha value is -8.02. The summed E-state index contributed by atoms with van der Waals surface area (Å²) in [6.45, 7) is 3.70. The fourth-order valence-electron chi connectivity index (χ4n) is 7.35. The Morgan fingerprint density at radius 2 is 1.34 bits per heavy atom. The summed E-state index contributed by atoms with van der Waals surface area (Å²) in [5.41, 5.74) is -6.17. The average molecular weight is 809 g/mol. The van der Waals surface area contributed by atoms with Crippen molar-refractivity contribution in [3.8, 4) is 23.0 Å². The van der Waals surface area contributed by atoms with Gasteiger partial charge in [0.15, 0.2) is 0 Å². The van der Waals surface area contributed by atoms with E-state index < -0.39 is 116 Å². The maximum absolute atomic E-state index is 13.8. The second-order valence-corrected chi connectivity index (χ2v) is 13.9. The maximum atomic E-state index is 13.8. The Morgan fingerprint density at radius 1 is 0.746 bits per heavy atom. The number of benzene rings is 2. The number of phenolic OH excluding ortho intramolecular Hbond substituents is 4. The highest BCUT2D eigenvalue weighted by Gasteiger charge is 2.52. The van der Waals surface area contributed by atoms with Crippen LogP contribution in [0.1, 0.15) is 45.2 Å². The van der Waals surface area contributed by atoms with Gasteiger partial charge in [-0.3, -0.25) is 19.2 Å². The molecule has 0 radical (unpaired) electrons. The second-order valence-electron chi connectivity index (χ2n) is 13.9. The van der Waals surface area contributed by atoms with Crippen molar-refractivity contribution in [1.29, 1.82) is 0 Å². The van der Waals surface area contributed by atoms with Gasteiger partial charge in [-0.15, -0.1) is 0 Å². The molecule has 3 atom stereocenters. The van der Waals surface area contributed by atoms with Crippen LogP contribution in [-0.4, -0.2) is 89.4 Å². The minimum Gasteiger partial charge on any atom is -0.508 e. The highest BCUT2D eigenvalue weighted by molar-refractivity contribution is 6.27. The van der Waals surface area contributed by atoms with Crippen molar-refractivity contribution in [1.82, 2.24) is 0 Å². The maximum Gasteiger partial charge on any atom is 0.343 e. The van der Waals surface area contributed by atoms with E-state index in [0.717, 1.165) is 61.9 Å². The molecule has 2 heterocycles. The van der Waals surface area contributed by atoms with Gasteiger partial charge in [0.25, 0.3) is 0 Å². The number of rotatable bonds is 7.